The molecule has 0 atom stereocenters. The zero-order valence-corrected chi connectivity index (χ0v) is 25.2. The number of hydrogen-bond donors (Lipinski definition) is 1. The number of carbonyl (C=O) groups is 2. The van der Waals surface area contributed by atoms with Crippen molar-refractivity contribution in [2.24, 2.45) is 0 Å². The molecule has 2 heterocycles. The summed E-state index contributed by atoms with van der Waals surface area (Å²) in [6.07, 6.45) is 0.630. The number of ether oxygens (including phenoxy) is 5. The molecule has 8 nitrogen and oxygen atoms in total. The minimum absolute atomic E-state index is 0.0201. The summed E-state index contributed by atoms with van der Waals surface area (Å²) >= 11 is 0. The Balaban J connectivity index is 1.15. The molecule has 0 radical (unpaired) electrons. The first-order valence-electron chi connectivity index (χ1n) is 15.2. The highest BCUT2D eigenvalue weighted by molar-refractivity contribution is 5.93. The van der Waals surface area contributed by atoms with E-state index in [-0.39, 0.29) is 45.6 Å². The van der Waals surface area contributed by atoms with E-state index >= 15 is 0 Å². The van der Waals surface area contributed by atoms with Gasteiger partial charge in [-0.3, -0.25) is 4.79 Å². The van der Waals surface area contributed by atoms with E-state index in [2.05, 4.69) is 0 Å². The highest BCUT2D eigenvalue weighted by Gasteiger charge is 2.48. The second-order valence-corrected chi connectivity index (χ2v) is 11.3. The molecule has 0 unspecified atom stereocenters. The Morgan fingerprint density at radius 1 is 0.562 bits per heavy atom. The molecule has 0 aromatic heterocycles. The van der Waals surface area contributed by atoms with E-state index < -0.39 is 17.5 Å². The summed E-state index contributed by atoms with van der Waals surface area (Å²) < 4.78 is 31.7. The van der Waals surface area contributed by atoms with Gasteiger partial charge in [0, 0.05) is 27.8 Å². The van der Waals surface area contributed by atoms with Crippen molar-refractivity contribution in [1.82, 2.24) is 0 Å². The van der Waals surface area contributed by atoms with Crippen molar-refractivity contribution in [1.29, 1.82) is 0 Å². The number of phenols is 1. The van der Waals surface area contributed by atoms with E-state index in [4.69, 9.17) is 23.7 Å². The lowest BCUT2D eigenvalue weighted by molar-refractivity contribution is -0.0469. The van der Waals surface area contributed by atoms with E-state index in [0.29, 0.717) is 28.5 Å². The number of esters is 1. The summed E-state index contributed by atoms with van der Waals surface area (Å²) in [4.78, 5) is 25.7. The third-order valence-electron chi connectivity index (χ3n) is 8.27. The summed E-state index contributed by atoms with van der Waals surface area (Å²) in [5.41, 5.74) is 2.95. The zero-order valence-electron chi connectivity index (χ0n) is 25.2. The summed E-state index contributed by atoms with van der Waals surface area (Å²) in [5.74, 6) is -3.42. The summed E-state index contributed by atoms with van der Waals surface area (Å²) in [6.45, 7) is 0. The van der Waals surface area contributed by atoms with E-state index in [1.807, 2.05) is 121 Å². The van der Waals surface area contributed by atoms with Crippen molar-refractivity contribution in [3.63, 3.8) is 0 Å². The van der Waals surface area contributed by atoms with Crippen LogP contribution in [0, 0.1) is 0 Å². The molecule has 0 amide bonds. The molecule has 0 aliphatic carbocycles. The van der Waals surface area contributed by atoms with Gasteiger partial charge in [-0.25, -0.2) is 4.79 Å². The van der Waals surface area contributed by atoms with Crippen LogP contribution in [-0.4, -0.2) is 17.4 Å². The second-order valence-electron chi connectivity index (χ2n) is 11.3. The molecule has 0 fully saturated rings. The Labute approximate surface area is 275 Å². The molecule has 2 aliphatic heterocycles. The largest absolute Gasteiger partial charge is 0.504 e. The quantitative estimate of drug-likeness (QED) is 0.108. The predicted molar refractivity (Wildman–Crippen MR) is 175 cm³/mol. The lowest BCUT2D eigenvalue weighted by Crippen LogP contribution is -2.36. The van der Waals surface area contributed by atoms with Crippen LogP contribution in [0.15, 0.2) is 146 Å². The van der Waals surface area contributed by atoms with Crippen LogP contribution in [-0.2, 0) is 11.6 Å². The Hall–Kier alpha value is -6.54. The SMILES string of the molecule is O=Cc1cc(OC(=O)c2cc(O)c3c(c2)OC(c2ccccc2)(c2ccccc2)O3)c2c(c1)OC(c1ccccc1)(c1ccccc1)O2. The number of benzene rings is 6. The van der Waals surface area contributed by atoms with Crippen molar-refractivity contribution in [3.05, 3.63) is 179 Å². The minimum Gasteiger partial charge on any atom is -0.504 e. The topological polar surface area (TPSA) is 101 Å². The highest BCUT2D eigenvalue weighted by atomic mass is 16.7. The molecule has 8 rings (SSSR count). The Morgan fingerprint density at radius 3 is 1.46 bits per heavy atom. The number of rotatable bonds is 7. The number of fused-ring (bicyclic) bond motifs is 2. The van der Waals surface area contributed by atoms with Gasteiger partial charge in [0.05, 0.1) is 5.56 Å². The van der Waals surface area contributed by atoms with Gasteiger partial charge in [0.2, 0.25) is 11.5 Å². The van der Waals surface area contributed by atoms with Crippen molar-refractivity contribution >= 4 is 12.3 Å². The van der Waals surface area contributed by atoms with Gasteiger partial charge in [0.15, 0.2) is 23.0 Å². The van der Waals surface area contributed by atoms with E-state index in [1.54, 1.807) is 0 Å². The summed E-state index contributed by atoms with van der Waals surface area (Å²) in [7, 11) is 0. The second kappa shape index (κ2) is 11.4. The number of aldehydes is 1. The van der Waals surface area contributed by atoms with Crippen molar-refractivity contribution in [2.75, 3.05) is 0 Å². The maximum Gasteiger partial charge on any atom is 0.343 e. The maximum absolute atomic E-state index is 13.8. The van der Waals surface area contributed by atoms with E-state index in [9.17, 15) is 14.7 Å². The van der Waals surface area contributed by atoms with Gasteiger partial charge in [-0.2, -0.15) is 0 Å². The summed E-state index contributed by atoms with van der Waals surface area (Å²) in [6, 6.07) is 43.0. The number of carbonyl (C=O) groups excluding carboxylic acids is 2. The molecule has 2 aliphatic rings. The number of aromatic hydroxyl groups is 1. The Kier molecular flexibility index (Phi) is 6.84. The fraction of sp³-hybridized carbons (Fsp3) is 0.0500. The van der Waals surface area contributed by atoms with Crippen molar-refractivity contribution in [3.8, 4) is 34.5 Å². The Bertz CT molecular complexity index is 2070. The fourth-order valence-electron chi connectivity index (χ4n) is 6.03. The molecule has 0 spiro atoms. The minimum atomic E-state index is -1.41. The maximum atomic E-state index is 13.8. The van der Waals surface area contributed by atoms with Gasteiger partial charge in [-0.15, -0.1) is 0 Å². The van der Waals surface area contributed by atoms with Crippen LogP contribution in [0.3, 0.4) is 0 Å². The standard InChI is InChI=1S/C40H26O8/c41-25-26-21-33(37-34(22-26)45-40(48-37,30-17-9-3-10-18-30)31-19-11-4-12-20-31)44-38(43)27-23-32(42)36-35(24-27)46-39(47-36,28-13-5-1-6-14-28)29-15-7-2-8-16-29/h1-25,42H. The molecule has 0 saturated heterocycles. The van der Waals surface area contributed by atoms with Crippen LogP contribution in [0.5, 0.6) is 34.5 Å². The average Bonchev–Trinajstić information content (AvgIpc) is 3.75. The third kappa shape index (κ3) is 4.70. The molecule has 234 valence electrons. The van der Waals surface area contributed by atoms with Gasteiger partial charge >= 0.3 is 17.5 Å². The molecule has 0 saturated carbocycles. The average molecular weight is 635 g/mol. The highest BCUT2D eigenvalue weighted by Crippen LogP contribution is 2.54. The molecule has 6 aromatic carbocycles. The van der Waals surface area contributed by atoms with Crippen molar-refractivity contribution < 1.29 is 38.4 Å². The molecule has 48 heavy (non-hydrogen) atoms. The normalized spacial score (nSPS) is 14.7. The molecule has 1 N–H and O–H groups in total. The number of phenolic OH excluding ortho intramolecular Hbond substituents is 1. The summed E-state index contributed by atoms with van der Waals surface area (Å²) in [5, 5.41) is 11.1. The number of hydrogen-bond acceptors (Lipinski definition) is 8. The Morgan fingerprint density at radius 2 is 1.00 bits per heavy atom. The van der Waals surface area contributed by atoms with Gasteiger partial charge in [0.1, 0.15) is 6.29 Å². The van der Waals surface area contributed by atoms with Gasteiger partial charge in [-0.05, 0) is 24.3 Å². The van der Waals surface area contributed by atoms with Gasteiger partial charge in [0.25, 0.3) is 0 Å². The first kappa shape index (κ1) is 28.9. The molecule has 6 aromatic rings. The monoisotopic (exact) mass is 634 g/mol. The first-order chi connectivity index (χ1) is 23.5. The van der Waals surface area contributed by atoms with Crippen LogP contribution in [0.25, 0.3) is 0 Å². The molecule has 8 heteroatoms. The molecule has 0 bridgehead atoms. The first-order valence-corrected chi connectivity index (χ1v) is 15.2. The van der Waals surface area contributed by atoms with Crippen LogP contribution in [0.2, 0.25) is 0 Å². The van der Waals surface area contributed by atoms with Gasteiger partial charge < -0.3 is 28.8 Å². The lowest BCUT2D eigenvalue weighted by Gasteiger charge is -2.28. The van der Waals surface area contributed by atoms with Crippen LogP contribution < -0.4 is 23.7 Å². The van der Waals surface area contributed by atoms with Gasteiger partial charge in [-0.1, -0.05) is 121 Å². The molecular weight excluding hydrogens is 608 g/mol. The predicted octanol–water partition coefficient (Wildman–Crippen LogP) is 7.77. The van der Waals surface area contributed by atoms with Crippen molar-refractivity contribution in [2.45, 2.75) is 11.6 Å². The van der Waals surface area contributed by atoms with E-state index in [0.717, 1.165) is 0 Å². The van der Waals surface area contributed by atoms with Crippen LogP contribution >= 0.6 is 0 Å². The third-order valence-corrected chi connectivity index (χ3v) is 8.27. The lowest BCUT2D eigenvalue weighted by atomic mass is 9.97. The smallest absolute Gasteiger partial charge is 0.343 e. The van der Waals surface area contributed by atoms with E-state index in [1.165, 1.54) is 24.3 Å². The van der Waals surface area contributed by atoms with Crippen LogP contribution in [0.1, 0.15) is 43.0 Å². The zero-order chi connectivity index (χ0) is 32.7. The fourth-order valence-corrected chi connectivity index (χ4v) is 6.03. The molecular formula is C40H26O8. The van der Waals surface area contributed by atoms with Crippen LogP contribution in [0.4, 0.5) is 0 Å².